The maximum absolute atomic E-state index is 13.3. The fourth-order valence-corrected chi connectivity index (χ4v) is 3.83. The summed E-state index contributed by atoms with van der Waals surface area (Å²) in [7, 11) is 0. The lowest BCUT2D eigenvalue weighted by Gasteiger charge is -2.38. The highest BCUT2D eigenvalue weighted by Gasteiger charge is 2.33. The monoisotopic (exact) mass is 392 g/mol. The number of halogens is 1. The lowest BCUT2D eigenvalue weighted by Crippen LogP contribution is -2.42. The number of hydrogen-bond donors (Lipinski definition) is 1. The van der Waals surface area contributed by atoms with E-state index in [1.165, 1.54) is 0 Å². The minimum atomic E-state index is -0.327. The highest BCUT2D eigenvalue weighted by molar-refractivity contribution is 6.30. The number of rotatable bonds is 3. The molecule has 1 amide bonds. The van der Waals surface area contributed by atoms with Crippen molar-refractivity contribution in [3.05, 3.63) is 88.4 Å². The van der Waals surface area contributed by atoms with Crippen molar-refractivity contribution >= 4 is 23.2 Å². The number of amides is 1. The molecule has 0 spiro atoms. The van der Waals surface area contributed by atoms with E-state index in [1.54, 1.807) is 0 Å². The van der Waals surface area contributed by atoms with Crippen molar-refractivity contribution < 1.29 is 14.3 Å². The van der Waals surface area contributed by atoms with E-state index in [2.05, 4.69) is 5.32 Å². The Morgan fingerprint density at radius 1 is 1.00 bits per heavy atom. The normalized spacial score (nSPS) is 17.2. The fourth-order valence-electron chi connectivity index (χ4n) is 3.63. The van der Waals surface area contributed by atoms with Crippen LogP contribution in [0, 0.1) is 0 Å². The van der Waals surface area contributed by atoms with Gasteiger partial charge in [0, 0.05) is 17.3 Å². The zero-order valence-corrected chi connectivity index (χ0v) is 15.6. The molecule has 2 aliphatic rings. The van der Waals surface area contributed by atoms with E-state index < -0.39 is 0 Å². The van der Waals surface area contributed by atoms with Gasteiger partial charge in [-0.1, -0.05) is 41.9 Å². The van der Waals surface area contributed by atoms with Crippen LogP contribution in [0.3, 0.4) is 0 Å². The third-order valence-electron chi connectivity index (χ3n) is 4.98. The fraction of sp³-hybridized carbons (Fsp3) is 0.136. The molecule has 0 radical (unpaired) electrons. The Balaban J connectivity index is 1.54. The van der Waals surface area contributed by atoms with E-state index in [0.717, 1.165) is 22.6 Å². The summed E-state index contributed by atoms with van der Waals surface area (Å²) in [6.07, 6.45) is -0.327. The first-order chi connectivity index (χ1) is 13.7. The molecule has 6 heteroatoms. The highest BCUT2D eigenvalue weighted by Crippen LogP contribution is 2.37. The van der Waals surface area contributed by atoms with Crippen LogP contribution in [0.4, 0.5) is 5.69 Å². The van der Waals surface area contributed by atoms with Gasteiger partial charge >= 0.3 is 0 Å². The van der Waals surface area contributed by atoms with Gasteiger partial charge in [-0.25, -0.2) is 0 Å². The highest BCUT2D eigenvalue weighted by atomic mass is 35.5. The molecular formula is C22H17ClN2O3. The molecule has 1 atom stereocenters. The van der Waals surface area contributed by atoms with Crippen molar-refractivity contribution in [3.63, 3.8) is 0 Å². The molecule has 5 rings (SSSR count). The maximum Gasteiger partial charge on any atom is 0.258 e. The average Bonchev–Trinajstić information content (AvgIpc) is 3.18. The standard InChI is InChI=1S/C22H17ClN2O3/c23-16-5-3-4-15(11-16)21-24-18-7-2-1-6-17(18)22(26)25(21)12-14-8-9-19-20(10-14)28-13-27-19/h1-11,21,24H,12-13H2/t21-/m1/s1. The van der Waals surface area contributed by atoms with Crippen molar-refractivity contribution in [1.29, 1.82) is 0 Å². The van der Waals surface area contributed by atoms with Crippen molar-refractivity contribution in [2.45, 2.75) is 12.7 Å². The average molecular weight is 393 g/mol. The van der Waals surface area contributed by atoms with Crippen LogP contribution in [-0.4, -0.2) is 17.6 Å². The number of carbonyl (C=O) groups excluding carboxylic acids is 1. The van der Waals surface area contributed by atoms with Crippen LogP contribution in [-0.2, 0) is 6.54 Å². The second kappa shape index (κ2) is 6.77. The molecule has 140 valence electrons. The van der Waals surface area contributed by atoms with Gasteiger partial charge in [0.1, 0.15) is 6.17 Å². The van der Waals surface area contributed by atoms with E-state index in [0.29, 0.717) is 22.9 Å². The Morgan fingerprint density at radius 3 is 2.75 bits per heavy atom. The number of carbonyl (C=O) groups is 1. The Hall–Kier alpha value is -3.18. The molecule has 0 bridgehead atoms. The maximum atomic E-state index is 13.3. The van der Waals surface area contributed by atoms with Crippen molar-refractivity contribution in [2.75, 3.05) is 12.1 Å². The van der Waals surface area contributed by atoms with Gasteiger partial charge in [-0.05, 0) is 47.5 Å². The molecular weight excluding hydrogens is 376 g/mol. The smallest absolute Gasteiger partial charge is 0.258 e. The van der Waals surface area contributed by atoms with Crippen molar-refractivity contribution in [3.8, 4) is 11.5 Å². The second-order valence-electron chi connectivity index (χ2n) is 6.77. The number of nitrogens with zero attached hydrogens (tertiary/aromatic N) is 1. The Bertz CT molecular complexity index is 1070. The summed E-state index contributed by atoms with van der Waals surface area (Å²) >= 11 is 6.21. The van der Waals surface area contributed by atoms with Gasteiger partial charge < -0.3 is 19.7 Å². The van der Waals surface area contributed by atoms with Crippen LogP contribution in [0.2, 0.25) is 5.02 Å². The Morgan fingerprint density at radius 2 is 1.86 bits per heavy atom. The topological polar surface area (TPSA) is 50.8 Å². The Labute approximate surface area is 167 Å². The van der Waals surface area contributed by atoms with Crippen LogP contribution in [0.5, 0.6) is 11.5 Å². The summed E-state index contributed by atoms with van der Waals surface area (Å²) in [4.78, 5) is 15.1. The van der Waals surface area contributed by atoms with E-state index in [1.807, 2.05) is 71.6 Å². The minimum Gasteiger partial charge on any atom is -0.454 e. The van der Waals surface area contributed by atoms with E-state index >= 15 is 0 Å². The largest absolute Gasteiger partial charge is 0.454 e. The number of para-hydroxylation sites is 1. The molecule has 2 aliphatic heterocycles. The second-order valence-corrected chi connectivity index (χ2v) is 7.20. The number of hydrogen-bond acceptors (Lipinski definition) is 4. The zero-order valence-electron chi connectivity index (χ0n) is 14.9. The van der Waals surface area contributed by atoms with E-state index in [9.17, 15) is 4.79 Å². The van der Waals surface area contributed by atoms with E-state index in [4.69, 9.17) is 21.1 Å². The summed E-state index contributed by atoms with van der Waals surface area (Å²) < 4.78 is 10.9. The summed E-state index contributed by atoms with van der Waals surface area (Å²) in [6, 6.07) is 20.9. The lowest BCUT2D eigenvalue weighted by atomic mass is 10.0. The first kappa shape index (κ1) is 17.0. The number of ether oxygens (including phenoxy) is 2. The first-order valence-electron chi connectivity index (χ1n) is 8.99. The van der Waals surface area contributed by atoms with Gasteiger partial charge in [0.05, 0.1) is 5.56 Å². The molecule has 28 heavy (non-hydrogen) atoms. The molecule has 0 unspecified atom stereocenters. The predicted octanol–water partition coefficient (Wildman–Crippen LogP) is 4.84. The Kier molecular flexibility index (Phi) is 4.10. The summed E-state index contributed by atoms with van der Waals surface area (Å²) in [5.41, 5.74) is 3.36. The third kappa shape index (κ3) is 2.94. The lowest BCUT2D eigenvalue weighted by molar-refractivity contribution is 0.0666. The van der Waals surface area contributed by atoms with Gasteiger partial charge in [0.25, 0.3) is 5.91 Å². The number of anilines is 1. The van der Waals surface area contributed by atoms with Gasteiger partial charge in [-0.2, -0.15) is 0 Å². The van der Waals surface area contributed by atoms with Gasteiger partial charge in [-0.3, -0.25) is 4.79 Å². The van der Waals surface area contributed by atoms with Crippen molar-refractivity contribution in [1.82, 2.24) is 4.90 Å². The summed E-state index contributed by atoms with van der Waals surface area (Å²) in [5.74, 6) is 1.40. The van der Waals surface area contributed by atoms with Crippen LogP contribution in [0.25, 0.3) is 0 Å². The molecule has 0 aromatic heterocycles. The zero-order chi connectivity index (χ0) is 19.1. The van der Waals surface area contributed by atoms with Gasteiger partial charge in [0.2, 0.25) is 6.79 Å². The number of benzene rings is 3. The molecule has 0 fully saturated rings. The van der Waals surface area contributed by atoms with Crippen LogP contribution < -0.4 is 14.8 Å². The summed E-state index contributed by atoms with van der Waals surface area (Å²) in [6.45, 7) is 0.648. The molecule has 5 nitrogen and oxygen atoms in total. The van der Waals surface area contributed by atoms with Gasteiger partial charge in [-0.15, -0.1) is 0 Å². The van der Waals surface area contributed by atoms with Crippen LogP contribution in [0.15, 0.2) is 66.7 Å². The summed E-state index contributed by atoms with van der Waals surface area (Å²) in [5, 5.41) is 4.12. The quantitative estimate of drug-likeness (QED) is 0.693. The van der Waals surface area contributed by atoms with Crippen LogP contribution >= 0.6 is 11.6 Å². The third-order valence-corrected chi connectivity index (χ3v) is 5.21. The van der Waals surface area contributed by atoms with Crippen molar-refractivity contribution in [2.24, 2.45) is 0 Å². The SMILES string of the molecule is O=C1c2ccccc2N[C@@H](c2cccc(Cl)c2)N1Cc1ccc2c(c1)OCO2. The number of nitrogens with one attached hydrogen (secondary N) is 1. The molecule has 0 saturated carbocycles. The first-order valence-corrected chi connectivity index (χ1v) is 9.37. The minimum absolute atomic E-state index is 0.0306. The van der Waals surface area contributed by atoms with Crippen LogP contribution in [0.1, 0.15) is 27.7 Å². The molecule has 0 saturated heterocycles. The molecule has 1 N–H and O–H groups in total. The molecule has 3 aromatic carbocycles. The number of fused-ring (bicyclic) bond motifs is 2. The van der Waals surface area contributed by atoms with Gasteiger partial charge in [0.15, 0.2) is 11.5 Å². The molecule has 0 aliphatic carbocycles. The predicted molar refractivity (Wildman–Crippen MR) is 107 cm³/mol. The molecule has 2 heterocycles. The molecule has 3 aromatic rings. The van der Waals surface area contributed by atoms with E-state index in [-0.39, 0.29) is 18.9 Å².